The highest BCUT2D eigenvalue weighted by Crippen LogP contribution is 2.50. The summed E-state index contributed by atoms with van der Waals surface area (Å²) in [5.74, 6) is 0.761. The van der Waals surface area contributed by atoms with Crippen molar-refractivity contribution in [2.45, 2.75) is 40.4 Å². The van der Waals surface area contributed by atoms with Gasteiger partial charge in [-0.2, -0.15) is 0 Å². The molecule has 4 rings (SSSR count). The van der Waals surface area contributed by atoms with E-state index in [1.165, 1.54) is 23.9 Å². The third-order valence-electron chi connectivity index (χ3n) is 4.74. The standard InChI is InChI=1S/C18H17ClFN3OS2/c1-10(24)23-6-5-13-14(8-23)26-17-15(13)16(19)21-18(22-17)25-9-11-3-2-4-12(20)7-11/h2-4,7,13-14H,5-6,8-9H2,1H3. The Kier molecular flexibility index (Phi) is 5.12. The van der Waals surface area contributed by atoms with Crippen molar-refractivity contribution in [3.05, 3.63) is 46.4 Å². The molecule has 26 heavy (non-hydrogen) atoms. The fourth-order valence-electron chi connectivity index (χ4n) is 3.44. The molecule has 1 amide bonds. The highest BCUT2D eigenvalue weighted by Gasteiger charge is 2.41. The SMILES string of the molecule is CC(=O)N1CCC2c3c(Cl)nc(SCc4cccc(F)c4)nc3SC2C1. The van der Waals surface area contributed by atoms with Gasteiger partial charge >= 0.3 is 0 Å². The Balaban J connectivity index is 1.51. The number of nitrogens with zero attached hydrogens (tertiary/aromatic N) is 3. The van der Waals surface area contributed by atoms with Crippen LogP contribution in [0.25, 0.3) is 0 Å². The molecule has 1 saturated heterocycles. The van der Waals surface area contributed by atoms with E-state index in [9.17, 15) is 9.18 Å². The number of halogens is 2. The molecule has 8 heteroatoms. The largest absolute Gasteiger partial charge is 0.342 e. The molecule has 1 aromatic carbocycles. The van der Waals surface area contributed by atoms with E-state index in [-0.39, 0.29) is 17.0 Å². The summed E-state index contributed by atoms with van der Waals surface area (Å²) in [4.78, 5) is 22.7. The Bertz CT molecular complexity index is 866. The summed E-state index contributed by atoms with van der Waals surface area (Å²) in [5.41, 5.74) is 1.91. The van der Waals surface area contributed by atoms with Crippen molar-refractivity contribution in [2.75, 3.05) is 13.1 Å². The summed E-state index contributed by atoms with van der Waals surface area (Å²) < 4.78 is 13.3. The van der Waals surface area contributed by atoms with Gasteiger partial charge in [-0.25, -0.2) is 14.4 Å². The average molecular weight is 410 g/mol. The van der Waals surface area contributed by atoms with Crippen molar-refractivity contribution in [2.24, 2.45) is 0 Å². The van der Waals surface area contributed by atoms with Crippen molar-refractivity contribution in [1.82, 2.24) is 14.9 Å². The lowest BCUT2D eigenvalue weighted by atomic mass is 9.91. The molecule has 4 nitrogen and oxygen atoms in total. The van der Waals surface area contributed by atoms with Crippen LogP contribution in [0.1, 0.15) is 30.4 Å². The molecular weight excluding hydrogens is 393 g/mol. The molecule has 2 aromatic rings. The van der Waals surface area contributed by atoms with Gasteiger partial charge in [0.25, 0.3) is 0 Å². The lowest BCUT2D eigenvalue weighted by Crippen LogP contribution is -2.42. The fourth-order valence-corrected chi connectivity index (χ4v) is 6.19. The summed E-state index contributed by atoms with van der Waals surface area (Å²) >= 11 is 9.62. The number of piperidine rings is 1. The summed E-state index contributed by atoms with van der Waals surface area (Å²) in [7, 11) is 0. The second-order valence-corrected chi connectivity index (χ2v) is 8.98. The van der Waals surface area contributed by atoms with Crippen LogP contribution in [-0.4, -0.2) is 39.1 Å². The average Bonchev–Trinajstić information content (AvgIpc) is 2.98. The molecule has 1 aromatic heterocycles. The van der Waals surface area contributed by atoms with E-state index in [0.29, 0.717) is 22.0 Å². The van der Waals surface area contributed by atoms with Crippen LogP contribution in [0.3, 0.4) is 0 Å². The number of aromatic nitrogens is 2. The first-order valence-corrected chi connectivity index (χ1v) is 10.6. The van der Waals surface area contributed by atoms with Gasteiger partial charge < -0.3 is 4.90 Å². The Morgan fingerprint density at radius 2 is 2.31 bits per heavy atom. The van der Waals surface area contributed by atoms with Gasteiger partial charge in [0.1, 0.15) is 16.0 Å². The third-order valence-corrected chi connectivity index (χ3v) is 7.26. The molecule has 1 fully saturated rings. The Hall–Kier alpha value is -1.31. The molecule has 0 radical (unpaired) electrons. The maximum atomic E-state index is 13.3. The number of carbonyl (C=O) groups excluding carboxylic acids is 1. The molecule has 0 bridgehead atoms. The molecule has 0 aliphatic carbocycles. The van der Waals surface area contributed by atoms with E-state index in [4.69, 9.17) is 11.6 Å². The predicted molar refractivity (Wildman–Crippen MR) is 102 cm³/mol. The molecule has 2 aliphatic rings. The minimum Gasteiger partial charge on any atom is -0.342 e. The van der Waals surface area contributed by atoms with E-state index in [1.54, 1.807) is 24.8 Å². The lowest BCUT2D eigenvalue weighted by Gasteiger charge is -2.33. The summed E-state index contributed by atoms with van der Waals surface area (Å²) in [6, 6.07) is 6.52. The van der Waals surface area contributed by atoms with Gasteiger partial charge in [-0.1, -0.05) is 35.5 Å². The fraction of sp³-hybridized carbons (Fsp3) is 0.389. The van der Waals surface area contributed by atoms with E-state index >= 15 is 0 Å². The first kappa shape index (κ1) is 18.1. The molecule has 0 saturated carbocycles. The minimum absolute atomic E-state index is 0.114. The lowest BCUT2D eigenvalue weighted by molar-refractivity contribution is -0.129. The van der Waals surface area contributed by atoms with E-state index in [2.05, 4.69) is 9.97 Å². The number of hydrogen-bond donors (Lipinski definition) is 0. The van der Waals surface area contributed by atoms with Crippen molar-refractivity contribution < 1.29 is 9.18 Å². The number of rotatable bonds is 3. The van der Waals surface area contributed by atoms with Crippen molar-refractivity contribution in [3.63, 3.8) is 0 Å². The number of hydrogen-bond acceptors (Lipinski definition) is 5. The predicted octanol–water partition coefficient (Wildman–Crippen LogP) is 4.37. The molecule has 2 atom stereocenters. The zero-order chi connectivity index (χ0) is 18.3. The van der Waals surface area contributed by atoms with Crippen LogP contribution in [0.15, 0.2) is 34.4 Å². The molecule has 0 spiro atoms. The monoisotopic (exact) mass is 409 g/mol. The second kappa shape index (κ2) is 7.37. The summed E-state index contributed by atoms with van der Waals surface area (Å²) in [5, 5.41) is 2.32. The number of benzene rings is 1. The van der Waals surface area contributed by atoms with Gasteiger partial charge in [0, 0.05) is 42.5 Å². The van der Waals surface area contributed by atoms with Crippen LogP contribution in [0, 0.1) is 5.82 Å². The number of likely N-dealkylation sites (tertiary alicyclic amines) is 1. The third kappa shape index (κ3) is 3.57. The first-order valence-electron chi connectivity index (χ1n) is 8.38. The van der Waals surface area contributed by atoms with Gasteiger partial charge in [0.2, 0.25) is 5.91 Å². The quantitative estimate of drug-likeness (QED) is 0.428. The zero-order valence-corrected chi connectivity index (χ0v) is 16.5. The highest BCUT2D eigenvalue weighted by molar-refractivity contribution is 8.00. The summed E-state index contributed by atoms with van der Waals surface area (Å²) in [6.07, 6.45) is 0.892. The van der Waals surface area contributed by atoms with Gasteiger partial charge in [-0.15, -0.1) is 11.8 Å². The molecule has 136 valence electrons. The van der Waals surface area contributed by atoms with Crippen LogP contribution in [-0.2, 0) is 10.5 Å². The first-order chi connectivity index (χ1) is 12.5. The number of carbonyl (C=O) groups is 1. The smallest absolute Gasteiger partial charge is 0.219 e. The minimum atomic E-state index is -0.245. The van der Waals surface area contributed by atoms with E-state index < -0.39 is 0 Å². The molecule has 2 aliphatic heterocycles. The van der Waals surface area contributed by atoms with Gasteiger partial charge in [0.15, 0.2) is 5.16 Å². The number of fused-ring (bicyclic) bond motifs is 3. The highest BCUT2D eigenvalue weighted by atomic mass is 35.5. The maximum Gasteiger partial charge on any atom is 0.219 e. The molecule has 0 N–H and O–H groups in total. The Morgan fingerprint density at radius 1 is 1.46 bits per heavy atom. The maximum absolute atomic E-state index is 13.3. The van der Waals surface area contributed by atoms with Gasteiger partial charge in [0.05, 0.1) is 0 Å². The zero-order valence-electron chi connectivity index (χ0n) is 14.1. The Morgan fingerprint density at radius 3 is 3.08 bits per heavy atom. The van der Waals surface area contributed by atoms with Crippen LogP contribution in [0.2, 0.25) is 5.15 Å². The van der Waals surface area contributed by atoms with Crippen molar-refractivity contribution in [1.29, 1.82) is 0 Å². The topological polar surface area (TPSA) is 46.1 Å². The van der Waals surface area contributed by atoms with Crippen molar-refractivity contribution in [3.8, 4) is 0 Å². The van der Waals surface area contributed by atoms with E-state index in [0.717, 1.165) is 35.7 Å². The summed E-state index contributed by atoms with van der Waals surface area (Å²) in [6.45, 7) is 3.09. The number of thioether (sulfide) groups is 2. The number of amides is 1. The Labute approximate surface area is 164 Å². The van der Waals surface area contributed by atoms with Crippen LogP contribution < -0.4 is 0 Å². The van der Waals surface area contributed by atoms with Crippen LogP contribution in [0.4, 0.5) is 4.39 Å². The molecular formula is C18H17ClFN3OS2. The van der Waals surface area contributed by atoms with Crippen LogP contribution >= 0.6 is 35.1 Å². The molecule has 3 heterocycles. The molecule has 2 unspecified atom stereocenters. The van der Waals surface area contributed by atoms with E-state index in [1.807, 2.05) is 11.0 Å². The van der Waals surface area contributed by atoms with Gasteiger partial charge in [-0.3, -0.25) is 4.79 Å². The van der Waals surface area contributed by atoms with Crippen molar-refractivity contribution >= 4 is 41.0 Å². The second-order valence-electron chi connectivity index (χ2n) is 6.45. The van der Waals surface area contributed by atoms with Crippen LogP contribution in [0.5, 0.6) is 0 Å². The van der Waals surface area contributed by atoms with Gasteiger partial charge in [-0.05, 0) is 24.1 Å². The normalized spacial score (nSPS) is 21.4.